The number of hydrogen-bond donors (Lipinski definition) is 2. The Morgan fingerprint density at radius 3 is 2.15 bits per heavy atom. The molecule has 1 heterocycles. The maximum absolute atomic E-state index is 12.2. The molecule has 0 unspecified atom stereocenters. The van der Waals surface area contributed by atoms with Crippen LogP contribution in [0.5, 0.6) is 0 Å². The molecule has 1 aromatic heterocycles. The second-order valence-electron chi connectivity index (χ2n) is 6.48. The summed E-state index contributed by atoms with van der Waals surface area (Å²) in [6.07, 6.45) is 0. The molecule has 2 N–H and O–H groups in total. The average Bonchev–Trinajstić information content (AvgIpc) is 2.71. The van der Waals surface area contributed by atoms with Crippen molar-refractivity contribution in [1.29, 1.82) is 0 Å². The van der Waals surface area contributed by atoms with Gasteiger partial charge in [-0.05, 0) is 29.9 Å². The molecule has 2 rings (SSSR count). The van der Waals surface area contributed by atoms with E-state index in [2.05, 4.69) is 38.0 Å². The van der Waals surface area contributed by atoms with E-state index in [4.69, 9.17) is 5.11 Å². The first-order valence-electron chi connectivity index (χ1n) is 6.61. The Labute approximate surface area is 118 Å². The first-order valence-corrected chi connectivity index (χ1v) is 6.61. The molecule has 1 aliphatic carbocycles. The fraction of sp³-hybridized carbons (Fsp3) is 0.533. The van der Waals surface area contributed by atoms with Crippen LogP contribution >= 0.6 is 0 Å². The normalized spacial score (nSPS) is 19.4. The van der Waals surface area contributed by atoms with E-state index in [9.17, 15) is 9.59 Å². The van der Waals surface area contributed by atoms with E-state index in [1.54, 1.807) is 6.92 Å². The zero-order valence-electron chi connectivity index (χ0n) is 12.4. The van der Waals surface area contributed by atoms with Crippen molar-refractivity contribution < 1.29 is 14.7 Å². The first-order chi connectivity index (χ1) is 9.09. The lowest BCUT2D eigenvalue weighted by Gasteiger charge is -2.08. The van der Waals surface area contributed by atoms with Crippen LogP contribution in [0, 0.1) is 17.8 Å². The molecule has 0 radical (unpaired) electrons. The van der Waals surface area contributed by atoms with Crippen molar-refractivity contribution in [3.05, 3.63) is 29.1 Å². The number of carbonyl (C=O) groups excluding carboxylic acids is 1. The summed E-state index contributed by atoms with van der Waals surface area (Å²) in [7, 11) is 0. The molecule has 0 aromatic carbocycles. The van der Waals surface area contributed by atoms with Gasteiger partial charge in [0, 0.05) is 6.04 Å². The molecule has 1 fully saturated rings. The molecule has 1 amide bonds. The summed E-state index contributed by atoms with van der Waals surface area (Å²) in [4.78, 5) is 27.2. The number of pyridine rings is 1. The van der Waals surface area contributed by atoms with Crippen LogP contribution in [-0.2, 0) is 0 Å². The molecular formula is C15H20N2O3. The Morgan fingerprint density at radius 1 is 1.20 bits per heavy atom. The quantitative estimate of drug-likeness (QED) is 0.887. The van der Waals surface area contributed by atoms with Crippen molar-refractivity contribution in [1.82, 2.24) is 10.3 Å². The Kier molecular flexibility index (Phi) is 3.11. The molecule has 0 aliphatic heterocycles. The Balaban J connectivity index is 2.16. The molecule has 108 valence electrons. The number of amides is 1. The highest BCUT2D eigenvalue weighted by Gasteiger charge is 2.65. The highest BCUT2D eigenvalue weighted by atomic mass is 16.4. The van der Waals surface area contributed by atoms with Gasteiger partial charge in [-0.25, -0.2) is 9.78 Å². The van der Waals surface area contributed by atoms with E-state index in [1.807, 2.05) is 0 Å². The van der Waals surface area contributed by atoms with Gasteiger partial charge in [0.1, 0.15) is 5.69 Å². The van der Waals surface area contributed by atoms with Gasteiger partial charge in [-0.1, -0.05) is 27.7 Å². The van der Waals surface area contributed by atoms with E-state index in [-0.39, 0.29) is 34.0 Å². The molecule has 5 nitrogen and oxygen atoms in total. The van der Waals surface area contributed by atoms with Crippen molar-refractivity contribution in [3.63, 3.8) is 0 Å². The van der Waals surface area contributed by atoms with Crippen molar-refractivity contribution in [2.75, 3.05) is 0 Å². The van der Waals surface area contributed by atoms with Crippen LogP contribution in [0.4, 0.5) is 0 Å². The SMILES string of the molecule is Cc1nc(C(=O)NC2C(C)(C)C2(C)C)ccc1C(=O)O. The lowest BCUT2D eigenvalue weighted by molar-refractivity contribution is 0.0694. The van der Waals surface area contributed by atoms with Gasteiger partial charge in [-0.3, -0.25) is 4.79 Å². The predicted molar refractivity (Wildman–Crippen MR) is 74.7 cm³/mol. The maximum Gasteiger partial charge on any atom is 0.337 e. The fourth-order valence-electron chi connectivity index (χ4n) is 2.68. The van der Waals surface area contributed by atoms with Crippen molar-refractivity contribution in [2.24, 2.45) is 10.8 Å². The molecule has 1 aromatic rings. The summed E-state index contributed by atoms with van der Waals surface area (Å²) in [5.74, 6) is -1.29. The smallest absolute Gasteiger partial charge is 0.337 e. The summed E-state index contributed by atoms with van der Waals surface area (Å²) in [6, 6.07) is 2.97. The Bertz CT molecular complexity index is 577. The summed E-state index contributed by atoms with van der Waals surface area (Å²) in [6.45, 7) is 10.0. The van der Waals surface area contributed by atoms with Gasteiger partial charge < -0.3 is 10.4 Å². The second-order valence-corrected chi connectivity index (χ2v) is 6.48. The van der Waals surface area contributed by atoms with Gasteiger partial charge in [0.2, 0.25) is 0 Å². The number of aromatic carboxylic acids is 1. The van der Waals surface area contributed by atoms with Crippen LogP contribution in [0.2, 0.25) is 0 Å². The van der Waals surface area contributed by atoms with Gasteiger partial charge >= 0.3 is 5.97 Å². The summed E-state index contributed by atoms with van der Waals surface area (Å²) < 4.78 is 0. The minimum atomic E-state index is -1.04. The highest BCUT2D eigenvalue weighted by molar-refractivity contribution is 5.94. The van der Waals surface area contributed by atoms with Gasteiger partial charge in [0.15, 0.2) is 0 Å². The van der Waals surface area contributed by atoms with Crippen molar-refractivity contribution >= 4 is 11.9 Å². The third-order valence-corrected chi connectivity index (χ3v) is 4.85. The molecule has 1 saturated carbocycles. The number of nitrogens with one attached hydrogen (secondary N) is 1. The lowest BCUT2D eigenvalue weighted by Crippen LogP contribution is -2.30. The molecule has 0 spiro atoms. The molecular weight excluding hydrogens is 256 g/mol. The van der Waals surface area contributed by atoms with Crippen LogP contribution in [0.3, 0.4) is 0 Å². The number of nitrogens with zero attached hydrogens (tertiary/aromatic N) is 1. The molecule has 0 bridgehead atoms. The summed E-state index contributed by atoms with van der Waals surface area (Å²) >= 11 is 0. The minimum absolute atomic E-state index is 0.0543. The number of aromatic nitrogens is 1. The van der Waals surface area contributed by atoms with E-state index in [0.29, 0.717) is 5.69 Å². The first kappa shape index (κ1) is 14.5. The Hall–Kier alpha value is -1.91. The maximum atomic E-state index is 12.2. The fourth-order valence-corrected chi connectivity index (χ4v) is 2.68. The molecule has 0 saturated heterocycles. The molecule has 5 heteroatoms. The third-order valence-electron chi connectivity index (χ3n) is 4.85. The van der Waals surface area contributed by atoms with E-state index < -0.39 is 5.97 Å². The monoisotopic (exact) mass is 276 g/mol. The highest BCUT2D eigenvalue weighted by Crippen LogP contribution is 2.62. The van der Waals surface area contributed by atoms with Crippen LogP contribution in [0.1, 0.15) is 54.2 Å². The summed E-state index contributed by atoms with van der Waals surface area (Å²) in [5, 5.41) is 11.9. The van der Waals surface area contributed by atoms with Crippen LogP contribution in [-0.4, -0.2) is 28.0 Å². The van der Waals surface area contributed by atoms with Crippen LogP contribution in [0.25, 0.3) is 0 Å². The van der Waals surface area contributed by atoms with Crippen molar-refractivity contribution in [3.8, 4) is 0 Å². The molecule has 0 atom stereocenters. The number of carboxylic acids is 1. The van der Waals surface area contributed by atoms with Crippen LogP contribution < -0.4 is 5.32 Å². The largest absolute Gasteiger partial charge is 0.478 e. The van der Waals surface area contributed by atoms with E-state index in [0.717, 1.165) is 0 Å². The second kappa shape index (κ2) is 4.30. The zero-order valence-corrected chi connectivity index (χ0v) is 12.4. The lowest BCUT2D eigenvalue weighted by atomic mass is 10.0. The zero-order chi connectivity index (χ0) is 15.3. The van der Waals surface area contributed by atoms with Crippen molar-refractivity contribution in [2.45, 2.75) is 40.7 Å². The number of aryl methyl sites for hydroxylation is 1. The third kappa shape index (κ3) is 2.07. The summed E-state index contributed by atoms with van der Waals surface area (Å²) in [5.41, 5.74) is 0.830. The van der Waals surface area contributed by atoms with Gasteiger partial charge in [0.25, 0.3) is 5.91 Å². The average molecular weight is 276 g/mol. The Morgan fingerprint density at radius 2 is 1.75 bits per heavy atom. The minimum Gasteiger partial charge on any atom is -0.478 e. The van der Waals surface area contributed by atoms with Gasteiger partial charge in [0.05, 0.1) is 11.3 Å². The molecule has 1 aliphatic rings. The molecule has 20 heavy (non-hydrogen) atoms. The standard InChI is InChI=1S/C15H20N2O3/c1-8-9(12(19)20)6-7-10(16-8)11(18)17-13-14(2,3)15(13,4)5/h6-7,13H,1-5H3,(H,17,18)(H,19,20). The van der Waals surface area contributed by atoms with Gasteiger partial charge in [-0.15, -0.1) is 0 Å². The van der Waals surface area contributed by atoms with Gasteiger partial charge in [-0.2, -0.15) is 0 Å². The van der Waals surface area contributed by atoms with Crippen LogP contribution in [0.15, 0.2) is 12.1 Å². The van der Waals surface area contributed by atoms with E-state index >= 15 is 0 Å². The van der Waals surface area contributed by atoms with E-state index in [1.165, 1.54) is 12.1 Å². The number of carboxylic acid groups (broad SMARTS) is 1. The number of hydrogen-bond acceptors (Lipinski definition) is 3. The topological polar surface area (TPSA) is 79.3 Å². The number of carbonyl (C=O) groups is 2. The predicted octanol–water partition coefficient (Wildman–Crippen LogP) is 2.25. The number of rotatable bonds is 3.